The van der Waals surface area contributed by atoms with Crippen LogP contribution in [0.15, 0.2) is 23.1 Å². The van der Waals surface area contributed by atoms with Crippen molar-refractivity contribution in [3.05, 3.63) is 29.3 Å². The highest BCUT2D eigenvalue weighted by molar-refractivity contribution is 7.90. The monoisotopic (exact) mass is 184 g/mol. The highest BCUT2D eigenvalue weighted by Gasteiger charge is 2.06. The van der Waals surface area contributed by atoms with E-state index in [9.17, 15) is 8.42 Å². The number of rotatable bonds is 1. The molecule has 12 heavy (non-hydrogen) atoms. The zero-order chi connectivity index (χ0) is 9.35. The normalized spacial score (nSPS) is 11.6. The van der Waals surface area contributed by atoms with Crippen molar-refractivity contribution < 1.29 is 8.42 Å². The quantitative estimate of drug-likeness (QED) is 0.665. The first kappa shape index (κ1) is 9.26. The van der Waals surface area contributed by atoms with Gasteiger partial charge in [-0.25, -0.2) is 8.42 Å². The lowest BCUT2D eigenvalue weighted by atomic mass is 10.2. The first-order chi connectivity index (χ1) is 5.39. The minimum absolute atomic E-state index is 0.403. The molecular weight excluding hydrogens is 172 g/mol. The fourth-order valence-corrected chi connectivity index (χ4v) is 1.95. The maximum Gasteiger partial charge on any atom is 0.175 e. The third kappa shape index (κ3) is 2.08. The Morgan fingerprint density at radius 2 is 1.42 bits per heavy atom. The Kier molecular flexibility index (Phi) is 2.24. The van der Waals surface area contributed by atoms with Crippen molar-refractivity contribution in [2.24, 2.45) is 0 Å². The summed E-state index contributed by atoms with van der Waals surface area (Å²) in [4.78, 5) is 0.403. The zero-order valence-electron chi connectivity index (χ0n) is 7.46. The molecule has 0 radical (unpaired) electrons. The van der Waals surface area contributed by atoms with Gasteiger partial charge in [0.15, 0.2) is 9.84 Å². The van der Waals surface area contributed by atoms with Crippen molar-refractivity contribution in [1.29, 1.82) is 0 Å². The smallest absolute Gasteiger partial charge is 0.175 e. The van der Waals surface area contributed by atoms with Gasteiger partial charge >= 0.3 is 0 Å². The van der Waals surface area contributed by atoms with E-state index in [1.165, 1.54) is 6.26 Å². The molecule has 0 spiro atoms. The van der Waals surface area contributed by atoms with Crippen molar-refractivity contribution >= 4 is 9.84 Å². The van der Waals surface area contributed by atoms with Gasteiger partial charge in [-0.3, -0.25) is 0 Å². The van der Waals surface area contributed by atoms with Crippen LogP contribution in [0, 0.1) is 13.8 Å². The molecule has 2 nitrogen and oxygen atoms in total. The standard InChI is InChI=1S/C9H12O2S/c1-7-4-8(2)6-9(5-7)12(3,10)11/h4-6H,1-3H3. The van der Waals surface area contributed by atoms with Crippen LogP contribution in [-0.2, 0) is 9.84 Å². The lowest BCUT2D eigenvalue weighted by Gasteiger charge is -2.01. The first-order valence-electron chi connectivity index (χ1n) is 3.68. The van der Waals surface area contributed by atoms with Gasteiger partial charge in [0.25, 0.3) is 0 Å². The molecule has 66 valence electrons. The lowest BCUT2D eigenvalue weighted by Crippen LogP contribution is -1.97. The molecule has 0 amide bonds. The fraction of sp³-hybridized carbons (Fsp3) is 0.333. The van der Waals surface area contributed by atoms with E-state index in [0.29, 0.717) is 4.90 Å². The third-order valence-electron chi connectivity index (χ3n) is 1.62. The molecule has 0 atom stereocenters. The number of hydrogen-bond acceptors (Lipinski definition) is 2. The average molecular weight is 184 g/mol. The molecule has 1 aromatic carbocycles. The highest BCUT2D eigenvalue weighted by atomic mass is 32.2. The first-order valence-corrected chi connectivity index (χ1v) is 5.57. The SMILES string of the molecule is Cc1cc(C)cc(S(C)(=O)=O)c1. The molecule has 1 aromatic rings. The van der Waals surface area contributed by atoms with E-state index in [1.54, 1.807) is 12.1 Å². The molecule has 3 heteroatoms. The minimum atomic E-state index is -3.05. The second kappa shape index (κ2) is 2.90. The van der Waals surface area contributed by atoms with E-state index in [-0.39, 0.29) is 0 Å². The summed E-state index contributed by atoms with van der Waals surface area (Å²) in [6, 6.07) is 5.32. The van der Waals surface area contributed by atoms with Gasteiger partial charge in [-0.2, -0.15) is 0 Å². The Balaban J connectivity index is 3.37. The van der Waals surface area contributed by atoms with Crippen molar-refractivity contribution in [3.8, 4) is 0 Å². The van der Waals surface area contributed by atoms with E-state index >= 15 is 0 Å². The molecule has 0 aliphatic carbocycles. The summed E-state index contributed by atoms with van der Waals surface area (Å²) in [5.41, 5.74) is 1.96. The van der Waals surface area contributed by atoms with E-state index < -0.39 is 9.84 Å². The van der Waals surface area contributed by atoms with Crippen LogP contribution in [0.2, 0.25) is 0 Å². The minimum Gasteiger partial charge on any atom is -0.224 e. The molecule has 0 saturated heterocycles. The van der Waals surface area contributed by atoms with E-state index in [1.807, 2.05) is 19.9 Å². The van der Waals surface area contributed by atoms with Crippen molar-refractivity contribution in [2.75, 3.05) is 6.26 Å². The topological polar surface area (TPSA) is 34.1 Å². The highest BCUT2D eigenvalue weighted by Crippen LogP contribution is 2.13. The van der Waals surface area contributed by atoms with Crippen molar-refractivity contribution in [2.45, 2.75) is 18.7 Å². The zero-order valence-corrected chi connectivity index (χ0v) is 8.27. The predicted molar refractivity (Wildman–Crippen MR) is 49.0 cm³/mol. The third-order valence-corrected chi connectivity index (χ3v) is 2.72. The maximum atomic E-state index is 11.1. The summed E-state index contributed by atoms with van der Waals surface area (Å²) in [5.74, 6) is 0. The average Bonchev–Trinajstić information content (AvgIpc) is 1.82. The van der Waals surface area contributed by atoms with Gasteiger partial charge in [-0.05, 0) is 37.1 Å². The van der Waals surface area contributed by atoms with Crippen LogP contribution in [0.5, 0.6) is 0 Å². The molecule has 1 rings (SSSR count). The van der Waals surface area contributed by atoms with Crippen molar-refractivity contribution in [3.63, 3.8) is 0 Å². The van der Waals surface area contributed by atoms with Gasteiger partial charge in [0.2, 0.25) is 0 Å². The van der Waals surface area contributed by atoms with Crippen LogP contribution in [0.25, 0.3) is 0 Å². The van der Waals surface area contributed by atoms with E-state index in [2.05, 4.69) is 0 Å². The van der Waals surface area contributed by atoms with Gasteiger partial charge in [0.05, 0.1) is 4.90 Å². The summed E-state index contributed by atoms with van der Waals surface area (Å²) in [5, 5.41) is 0. The fourth-order valence-electron chi connectivity index (χ4n) is 1.15. The Morgan fingerprint density at radius 1 is 1.00 bits per heavy atom. The summed E-state index contributed by atoms with van der Waals surface area (Å²) in [6.07, 6.45) is 1.22. The summed E-state index contributed by atoms with van der Waals surface area (Å²) >= 11 is 0. The van der Waals surface area contributed by atoms with Gasteiger partial charge in [-0.15, -0.1) is 0 Å². The molecular formula is C9H12O2S. The van der Waals surface area contributed by atoms with Crippen LogP contribution in [0.3, 0.4) is 0 Å². The Labute approximate surface area is 73.2 Å². The summed E-state index contributed by atoms with van der Waals surface area (Å²) in [7, 11) is -3.05. The molecule has 0 unspecified atom stereocenters. The van der Waals surface area contributed by atoms with Gasteiger partial charge in [0.1, 0.15) is 0 Å². The van der Waals surface area contributed by atoms with Crippen molar-refractivity contribution in [1.82, 2.24) is 0 Å². The van der Waals surface area contributed by atoms with Crippen LogP contribution < -0.4 is 0 Å². The molecule has 0 bridgehead atoms. The number of hydrogen-bond donors (Lipinski definition) is 0. The largest absolute Gasteiger partial charge is 0.224 e. The number of sulfone groups is 1. The van der Waals surface area contributed by atoms with E-state index in [4.69, 9.17) is 0 Å². The Hall–Kier alpha value is -0.830. The van der Waals surface area contributed by atoms with Crippen LogP contribution in [0.1, 0.15) is 11.1 Å². The summed E-state index contributed by atoms with van der Waals surface area (Å²) < 4.78 is 22.3. The molecule has 0 fully saturated rings. The maximum absolute atomic E-state index is 11.1. The number of aryl methyl sites for hydroxylation is 2. The molecule has 0 saturated carbocycles. The summed E-state index contributed by atoms with van der Waals surface area (Å²) in [6.45, 7) is 3.78. The molecule has 0 N–H and O–H groups in total. The Morgan fingerprint density at radius 3 is 1.75 bits per heavy atom. The van der Waals surface area contributed by atoms with Crippen LogP contribution in [-0.4, -0.2) is 14.7 Å². The molecule has 0 aliphatic heterocycles. The van der Waals surface area contributed by atoms with Crippen LogP contribution >= 0.6 is 0 Å². The Bertz CT molecular complexity index is 371. The second-order valence-corrected chi connectivity index (χ2v) is 5.11. The second-order valence-electron chi connectivity index (χ2n) is 3.10. The van der Waals surface area contributed by atoms with Gasteiger partial charge < -0.3 is 0 Å². The van der Waals surface area contributed by atoms with E-state index in [0.717, 1.165) is 11.1 Å². The molecule has 0 aromatic heterocycles. The number of benzene rings is 1. The lowest BCUT2D eigenvalue weighted by molar-refractivity contribution is 0.601. The van der Waals surface area contributed by atoms with Gasteiger partial charge in [-0.1, -0.05) is 6.07 Å². The molecule has 0 aliphatic rings. The predicted octanol–water partition coefficient (Wildman–Crippen LogP) is 1.71. The van der Waals surface area contributed by atoms with Crippen LogP contribution in [0.4, 0.5) is 0 Å². The van der Waals surface area contributed by atoms with Gasteiger partial charge in [0, 0.05) is 6.26 Å². The molecule has 0 heterocycles.